The Labute approximate surface area is 191 Å². The molecule has 3 N–H and O–H groups in total. The summed E-state index contributed by atoms with van der Waals surface area (Å²) < 4.78 is 46.3. The Balaban J connectivity index is 1.41. The number of alkyl halides is 3. The van der Waals surface area contributed by atoms with Crippen molar-refractivity contribution < 1.29 is 17.6 Å². The van der Waals surface area contributed by atoms with E-state index in [2.05, 4.69) is 25.7 Å². The lowest BCUT2D eigenvalue weighted by Gasteiger charge is -2.34. The topological polar surface area (TPSA) is 109 Å². The number of aromatic nitrogens is 4. The van der Waals surface area contributed by atoms with E-state index < -0.39 is 11.7 Å². The van der Waals surface area contributed by atoms with Crippen LogP contribution >= 0.6 is 11.6 Å². The first-order valence-corrected chi connectivity index (χ1v) is 10.7. The predicted molar refractivity (Wildman–Crippen MR) is 114 cm³/mol. The highest BCUT2D eigenvalue weighted by Gasteiger charge is 2.34. The van der Waals surface area contributed by atoms with Crippen molar-refractivity contribution in [3.05, 3.63) is 46.3 Å². The highest BCUT2D eigenvalue weighted by molar-refractivity contribution is 6.30. The van der Waals surface area contributed by atoms with E-state index >= 15 is 0 Å². The fourth-order valence-corrected chi connectivity index (χ4v) is 4.24. The van der Waals surface area contributed by atoms with Gasteiger partial charge in [0.15, 0.2) is 11.5 Å². The first-order chi connectivity index (χ1) is 15.8. The molecule has 0 spiro atoms. The maximum absolute atomic E-state index is 13.5. The van der Waals surface area contributed by atoms with Crippen molar-refractivity contribution in [2.75, 3.05) is 36.4 Å². The van der Waals surface area contributed by atoms with Gasteiger partial charge in [-0.25, -0.2) is 5.01 Å². The second-order valence-electron chi connectivity index (χ2n) is 8.14. The van der Waals surface area contributed by atoms with Crippen LogP contribution in [0.4, 0.5) is 24.7 Å². The van der Waals surface area contributed by atoms with Crippen molar-refractivity contribution in [1.29, 1.82) is 0 Å². The quantitative estimate of drug-likeness (QED) is 0.532. The van der Waals surface area contributed by atoms with E-state index in [4.69, 9.17) is 21.9 Å². The van der Waals surface area contributed by atoms with Gasteiger partial charge in [0.1, 0.15) is 0 Å². The molecule has 2 aliphatic heterocycles. The van der Waals surface area contributed by atoms with Gasteiger partial charge in [-0.2, -0.15) is 13.2 Å². The van der Waals surface area contributed by atoms with Crippen LogP contribution in [-0.2, 0) is 19.1 Å². The minimum absolute atomic E-state index is 0.00156. The van der Waals surface area contributed by atoms with Crippen molar-refractivity contribution in [1.82, 2.24) is 25.4 Å². The Morgan fingerprint density at radius 2 is 1.97 bits per heavy atom. The lowest BCUT2D eigenvalue weighted by molar-refractivity contribution is -0.138. The lowest BCUT2D eigenvalue weighted by atomic mass is 9.99. The Hall–Kier alpha value is -2.96. The van der Waals surface area contributed by atoms with E-state index in [9.17, 15) is 13.2 Å². The number of hydrogen-bond acceptors (Lipinski definition) is 9. The molecule has 0 amide bonds. The summed E-state index contributed by atoms with van der Waals surface area (Å²) in [5, 5.41) is 21.5. The number of hydrogen-bond donors (Lipinski definition) is 2. The summed E-state index contributed by atoms with van der Waals surface area (Å²) in [4.78, 5) is 1.80. The molecule has 4 heterocycles. The van der Waals surface area contributed by atoms with Gasteiger partial charge >= 0.3 is 6.18 Å². The van der Waals surface area contributed by atoms with Crippen LogP contribution in [0.3, 0.4) is 0 Å². The SMILES string of the molecule is NN1CC(Cc2nnc(-c3cc4c(nn3)NCCN4Cc3cc(Cl)ccc3C(F)(F)F)o2)C1. The lowest BCUT2D eigenvalue weighted by Crippen LogP contribution is -2.51. The molecule has 33 heavy (non-hydrogen) atoms. The van der Waals surface area contributed by atoms with Gasteiger partial charge in [-0.15, -0.1) is 20.4 Å². The van der Waals surface area contributed by atoms with E-state index in [1.165, 1.54) is 12.1 Å². The third kappa shape index (κ3) is 4.59. The zero-order valence-electron chi connectivity index (χ0n) is 17.3. The standard InChI is InChI=1S/C20H20ClF3N8O/c21-13-1-2-14(20(22,23)24)12(6-13)10-31-4-3-26-18-16(31)7-15(27-29-18)19-30-28-17(33-19)5-11-8-32(25)9-11/h1-2,6-7,11H,3-5,8-10,25H2,(H,26,29). The maximum Gasteiger partial charge on any atom is 0.416 e. The summed E-state index contributed by atoms with van der Waals surface area (Å²) >= 11 is 5.99. The normalized spacial score (nSPS) is 16.9. The number of nitrogens with one attached hydrogen (secondary N) is 1. The zero-order chi connectivity index (χ0) is 23.2. The van der Waals surface area contributed by atoms with Gasteiger partial charge in [0, 0.05) is 44.2 Å². The molecule has 0 aliphatic carbocycles. The van der Waals surface area contributed by atoms with Gasteiger partial charge < -0.3 is 14.6 Å². The first-order valence-electron chi connectivity index (χ1n) is 10.3. The molecule has 0 saturated carbocycles. The van der Waals surface area contributed by atoms with Crippen LogP contribution in [0.15, 0.2) is 28.7 Å². The highest BCUT2D eigenvalue weighted by atomic mass is 35.5. The van der Waals surface area contributed by atoms with E-state index in [-0.39, 0.29) is 23.0 Å². The van der Waals surface area contributed by atoms with Crippen LogP contribution < -0.4 is 16.1 Å². The van der Waals surface area contributed by atoms with Gasteiger partial charge in [0.2, 0.25) is 5.89 Å². The number of fused-ring (bicyclic) bond motifs is 1. The van der Waals surface area contributed by atoms with Crippen molar-refractivity contribution in [2.24, 2.45) is 11.8 Å². The number of anilines is 2. The molecule has 0 atom stereocenters. The number of halogens is 4. The molecule has 2 aromatic heterocycles. The molecule has 0 unspecified atom stereocenters. The molecule has 0 bridgehead atoms. The minimum atomic E-state index is -4.49. The molecule has 3 aromatic rings. The van der Waals surface area contributed by atoms with Crippen LogP contribution in [0.2, 0.25) is 5.02 Å². The Bertz CT molecular complexity index is 1160. The average molecular weight is 481 g/mol. The van der Waals surface area contributed by atoms with Gasteiger partial charge in [-0.3, -0.25) is 5.84 Å². The van der Waals surface area contributed by atoms with Crippen LogP contribution in [0, 0.1) is 5.92 Å². The molecular weight excluding hydrogens is 461 g/mol. The zero-order valence-corrected chi connectivity index (χ0v) is 18.1. The first kappa shape index (κ1) is 21.9. The largest absolute Gasteiger partial charge is 0.419 e. The Morgan fingerprint density at radius 3 is 2.73 bits per heavy atom. The molecule has 13 heteroatoms. The van der Waals surface area contributed by atoms with Gasteiger partial charge in [0.25, 0.3) is 5.89 Å². The number of hydrazine groups is 1. The monoisotopic (exact) mass is 480 g/mol. The van der Waals surface area contributed by atoms with E-state index in [0.717, 1.165) is 19.2 Å². The summed E-state index contributed by atoms with van der Waals surface area (Å²) in [6.45, 7) is 2.50. The number of nitrogens with zero attached hydrogens (tertiary/aromatic N) is 6. The molecule has 0 radical (unpaired) electrons. The summed E-state index contributed by atoms with van der Waals surface area (Å²) in [7, 11) is 0. The van der Waals surface area contributed by atoms with Crippen molar-refractivity contribution in [3.63, 3.8) is 0 Å². The van der Waals surface area contributed by atoms with Gasteiger partial charge in [-0.05, 0) is 35.7 Å². The van der Waals surface area contributed by atoms with Gasteiger partial charge in [0.05, 0.1) is 11.3 Å². The van der Waals surface area contributed by atoms with Crippen LogP contribution in [0.1, 0.15) is 17.0 Å². The third-order valence-electron chi connectivity index (χ3n) is 5.66. The van der Waals surface area contributed by atoms with Crippen molar-refractivity contribution in [3.8, 4) is 11.6 Å². The van der Waals surface area contributed by atoms with E-state index in [1.807, 2.05) is 0 Å². The molecule has 1 saturated heterocycles. The summed E-state index contributed by atoms with van der Waals surface area (Å²) in [5.41, 5.74) is 0.299. The number of nitrogens with two attached hydrogens (primary N) is 1. The molecule has 9 nitrogen and oxygen atoms in total. The van der Waals surface area contributed by atoms with Crippen LogP contribution in [-0.4, -0.2) is 51.6 Å². The second kappa shape index (κ2) is 8.43. The van der Waals surface area contributed by atoms with Crippen molar-refractivity contribution in [2.45, 2.75) is 19.1 Å². The third-order valence-corrected chi connectivity index (χ3v) is 5.89. The second-order valence-corrected chi connectivity index (χ2v) is 8.57. The van der Waals surface area contributed by atoms with E-state index in [0.29, 0.717) is 48.5 Å². The molecular formula is C20H20ClF3N8O. The van der Waals surface area contributed by atoms with Crippen LogP contribution in [0.5, 0.6) is 0 Å². The number of rotatable bonds is 5. The molecule has 1 aromatic carbocycles. The minimum Gasteiger partial charge on any atom is -0.419 e. The van der Waals surface area contributed by atoms with E-state index in [1.54, 1.807) is 16.0 Å². The summed E-state index contributed by atoms with van der Waals surface area (Å²) in [6, 6.07) is 5.28. The number of benzene rings is 1. The molecule has 5 rings (SSSR count). The molecule has 1 fully saturated rings. The molecule has 2 aliphatic rings. The average Bonchev–Trinajstić information content (AvgIpc) is 3.20. The Morgan fingerprint density at radius 1 is 1.15 bits per heavy atom. The highest BCUT2D eigenvalue weighted by Crippen LogP contribution is 2.36. The van der Waals surface area contributed by atoms with Crippen molar-refractivity contribution >= 4 is 23.1 Å². The van der Waals surface area contributed by atoms with Gasteiger partial charge in [-0.1, -0.05) is 11.6 Å². The summed E-state index contributed by atoms with van der Waals surface area (Å²) in [5.74, 6) is 7.17. The molecule has 174 valence electrons. The fraction of sp³-hybridized carbons (Fsp3) is 0.400. The predicted octanol–water partition coefficient (Wildman–Crippen LogP) is 2.98. The van der Waals surface area contributed by atoms with Crippen LogP contribution in [0.25, 0.3) is 11.6 Å². The fourth-order valence-electron chi connectivity index (χ4n) is 4.05. The smallest absolute Gasteiger partial charge is 0.416 e. The Kier molecular flexibility index (Phi) is 5.59. The summed E-state index contributed by atoms with van der Waals surface area (Å²) in [6.07, 6.45) is -3.87. The maximum atomic E-state index is 13.5.